The number of rotatable bonds is 12. The standard InChI is InChI=1S/C27H26FN5O5/c28-19-11-9-18(10-12-19)25(36)33-22(15-23(29)34)26(37)32-21(14-17-6-2-1-3-7-17)24(35)27(38)31-16-20-8-4-5-13-30-20/h1-13,21-22H,14-16H2,(H2,29,34)(H,31,38)(H,32,37)(H,33,36)/t21-,22-/m1/s1. The number of nitrogens with one attached hydrogen (secondary N) is 3. The van der Waals surface area contributed by atoms with Crippen LogP contribution < -0.4 is 21.7 Å². The van der Waals surface area contributed by atoms with Gasteiger partial charge in [-0.3, -0.25) is 29.0 Å². The Bertz CT molecular complexity index is 1290. The molecule has 1 aromatic heterocycles. The summed E-state index contributed by atoms with van der Waals surface area (Å²) in [6.07, 6.45) is 0.940. The van der Waals surface area contributed by atoms with E-state index in [1.54, 1.807) is 54.7 Å². The molecule has 38 heavy (non-hydrogen) atoms. The van der Waals surface area contributed by atoms with Crippen LogP contribution in [0.1, 0.15) is 28.0 Å². The van der Waals surface area contributed by atoms with Crippen molar-refractivity contribution in [2.24, 2.45) is 5.73 Å². The number of amides is 4. The van der Waals surface area contributed by atoms with Gasteiger partial charge in [0.15, 0.2) is 0 Å². The van der Waals surface area contributed by atoms with Crippen molar-refractivity contribution in [3.05, 3.63) is 102 Å². The van der Waals surface area contributed by atoms with Gasteiger partial charge < -0.3 is 21.7 Å². The summed E-state index contributed by atoms with van der Waals surface area (Å²) in [4.78, 5) is 67.1. The molecule has 2 aromatic carbocycles. The third-order valence-corrected chi connectivity index (χ3v) is 5.43. The van der Waals surface area contributed by atoms with Gasteiger partial charge >= 0.3 is 0 Å². The van der Waals surface area contributed by atoms with Crippen molar-refractivity contribution in [2.75, 3.05) is 0 Å². The molecule has 0 unspecified atom stereocenters. The molecule has 0 saturated carbocycles. The molecule has 0 spiro atoms. The van der Waals surface area contributed by atoms with Crippen LogP contribution in [-0.4, -0.2) is 46.5 Å². The second kappa shape index (κ2) is 13.4. The van der Waals surface area contributed by atoms with Crippen molar-refractivity contribution in [3.8, 4) is 0 Å². The topological polar surface area (TPSA) is 160 Å². The third-order valence-electron chi connectivity index (χ3n) is 5.43. The Labute approximate surface area is 217 Å². The number of carbonyl (C=O) groups is 5. The monoisotopic (exact) mass is 519 g/mol. The third kappa shape index (κ3) is 8.33. The highest BCUT2D eigenvalue weighted by Crippen LogP contribution is 2.08. The minimum absolute atomic E-state index is 0.00452. The quantitative estimate of drug-likeness (QED) is 0.259. The molecule has 0 bridgehead atoms. The first-order chi connectivity index (χ1) is 18.2. The van der Waals surface area contributed by atoms with Crippen molar-refractivity contribution in [1.29, 1.82) is 0 Å². The van der Waals surface area contributed by atoms with Crippen molar-refractivity contribution in [2.45, 2.75) is 31.5 Å². The van der Waals surface area contributed by atoms with E-state index in [0.717, 1.165) is 12.1 Å². The molecule has 11 heteroatoms. The van der Waals surface area contributed by atoms with Crippen LogP contribution in [0.15, 0.2) is 79.0 Å². The first-order valence-electron chi connectivity index (χ1n) is 11.6. The minimum Gasteiger partial charge on any atom is -0.370 e. The number of hydrogen-bond acceptors (Lipinski definition) is 6. The number of nitrogens with two attached hydrogens (primary N) is 1. The molecule has 10 nitrogen and oxygen atoms in total. The highest BCUT2D eigenvalue weighted by atomic mass is 19.1. The average Bonchev–Trinajstić information content (AvgIpc) is 2.91. The molecule has 5 N–H and O–H groups in total. The molecular weight excluding hydrogens is 493 g/mol. The molecular formula is C27H26FN5O5. The van der Waals surface area contributed by atoms with Gasteiger partial charge in [0.25, 0.3) is 11.8 Å². The maximum absolute atomic E-state index is 13.2. The SMILES string of the molecule is NC(=O)C[C@@H](NC(=O)c1ccc(F)cc1)C(=O)N[C@H](Cc1ccccc1)C(=O)C(=O)NCc1ccccn1. The Kier molecular flexibility index (Phi) is 9.75. The summed E-state index contributed by atoms with van der Waals surface area (Å²) in [7, 11) is 0. The Morgan fingerprint density at radius 1 is 0.842 bits per heavy atom. The average molecular weight is 520 g/mol. The van der Waals surface area contributed by atoms with E-state index >= 15 is 0 Å². The highest BCUT2D eigenvalue weighted by Gasteiger charge is 2.31. The zero-order valence-electron chi connectivity index (χ0n) is 20.2. The van der Waals surface area contributed by atoms with E-state index in [4.69, 9.17) is 5.73 Å². The van der Waals surface area contributed by atoms with Gasteiger partial charge in [0.05, 0.1) is 18.7 Å². The zero-order chi connectivity index (χ0) is 27.5. The predicted molar refractivity (Wildman–Crippen MR) is 135 cm³/mol. The second-order valence-corrected chi connectivity index (χ2v) is 8.32. The lowest BCUT2D eigenvalue weighted by molar-refractivity contribution is -0.140. The van der Waals surface area contributed by atoms with Crippen LogP contribution in [-0.2, 0) is 32.1 Å². The fraction of sp³-hybridized carbons (Fsp3) is 0.185. The molecule has 0 aliphatic carbocycles. The Hall–Kier alpha value is -4.93. The molecule has 4 amide bonds. The smallest absolute Gasteiger partial charge is 0.289 e. The van der Waals surface area contributed by atoms with Crippen molar-refractivity contribution < 1.29 is 28.4 Å². The number of aromatic nitrogens is 1. The molecule has 3 aromatic rings. The lowest BCUT2D eigenvalue weighted by Gasteiger charge is -2.22. The number of nitrogens with zero attached hydrogens (tertiary/aromatic N) is 1. The Morgan fingerprint density at radius 3 is 2.16 bits per heavy atom. The lowest BCUT2D eigenvalue weighted by Crippen LogP contribution is -2.55. The highest BCUT2D eigenvalue weighted by molar-refractivity contribution is 6.38. The fourth-order valence-electron chi connectivity index (χ4n) is 3.50. The van der Waals surface area contributed by atoms with E-state index in [2.05, 4.69) is 20.9 Å². The molecule has 2 atom stereocenters. The largest absolute Gasteiger partial charge is 0.370 e. The molecule has 0 aliphatic rings. The normalized spacial score (nSPS) is 12.0. The lowest BCUT2D eigenvalue weighted by atomic mass is 10.0. The second-order valence-electron chi connectivity index (χ2n) is 8.32. The van der Waals surface area contributed by atoms with Crippen LogP contribution in [0.25, 0.3) is 0 Å². The molecule has 0 fully saturated rings. The van der Waals surface area contributed by atoms with Gasteiger partial charge in [-0.25, -0.2) is 4.39 Å². The first-order valence-corrected chi connectivity index (χ1v) is 11.6. The van der Waals surface area contributed by atoms with Gasteiger partial charge in [0.1, 0.15) is 17.9 Å². The summed E-state index contributed by atoms with van der Waals surface area (Å²) in [6.45, 7) is -0.00452. The number of hydrogen-bond donors (Lipinski definition) is 4. The summed E-state index contributed by atoms with van der Waals surface area (Å²) in [5.41, 5.74) is 6.49. The van der Waals surface area contributed by atoms with Crippen LogP contribution in [0.2, 0.25) is 0 Å². The number of pyridine rings is 1. The van der Waals surface area contributed by atoms with E-state index < -0.39 is 53.7 Å². The Balaban J connectivity index is 1.76. The fourth-order valence-corrected chi connectivity index (χ4v) is 3.50. The van der Waals surface area contributed by atoms with Crippen molar-refractivity contribution in [3.63, 3.8) is 0 Å². The maximum Gasteiger partial charge on any atom is 0.289 e. The van der Waals surface area contributed by atoms with Gasteiger partial charge in [-0.05, 0) is 42.0 Å². The van der Waals surface area contributed by atoms with E-state index in [1.165, 1.54) is 12.1 Å². The zero-order valence-corrected chi connectivity index (χ0v) is 20.2. The van der Waals surface area contributed by atoms with Gasteiger partial charge in [-0.1, -0.05) is 36.4 Å². The summed E-state index contributed by atoms with van der Waals surface area (Å²) < 4.78 is 13.2. The van der Waals surface area contributed by atoms with Gasteiger partial charge in [-0.2, -0.15) is 0 Å². The van der Waals surface area contributed by atoms with Gasteiger partial charge in [0, 0.05) is 18.2 Å². The molecule has 0 radical (unpaired) electrons. The Morgan fingerprint density at radius 2 is 1.53 bits per heavy atom. The summed E-state index contributed by atoms with van der Waals surface area (Å²) in [5, 5.41) is 7.32. The molecule has 1 heterocycles. The van der Waals surface area contributed by atoms with E-state index in [-0.39, 0.29) is 18.5 Å². The summed E-state index contributed by atoms with van der Waals surface area (Å²) in [6, 6.07) is 15.6. The summed E-state index contributed by atoms with van der Waals surface area (Å²) >= 11 is 0. The number of carbonyl (C=O) groups excluding carboxylic acids is 5. The number of Topliss-reactive ketones (excluding diaryl/α,β-unsaturated/α-hetero) is 1. The number of benzene rings is 2. The van der Waals surface area contributed by atoms with Crippen LogP contribution in [0.4, 0.5) is 4.39 Å². The van der Waals surface area contributed by atoms with E-state index in [9.17, 15) is 28.4 Å². The van der Waals surface area contributed by atoms with Crippen LogP contribution >= 0.6 is 0 Å². The van der Waals surface area contributed by atoms with Crippen molar-refractivity contribution in [1.82, 2.24) is 20.9 Å². The number of ketones is 1. The molecule has 3 rings (SSSR count). The maximum atomic E-state index is 13.2. The van der Waals surface area contributed by atoms with E-state index in [1.807, 2.05) is 0 Å². The molecule has 0 aliphatic heterocycles. The molecule has 196 valence electrons. The summed E-state index contributed by atoms with van der Waals surface area (Å²) in [5.74, 6) is -4.98. The van der Waals surface area contributed by atoms with Crippen LogP contribution in [0.3, 0.4) is 0 Å². The molecule has 0 saturated heterocycles. The van der Waals surface area contributed by atoms with E-state index in [0.29, 0.717) is 11.3 Å². The van der Waals surface area contributed by atoms with Crippen LogP contribution in [0.5, 0.6) is 0 Å². The van der Waals surface area contributed by atoms with Crippen LogP contribution in [0, 0.1) is 5.82 Å². The first kappa shape index (κ1) is 27.7. The predicted octanol–water partition coefficient (Wildman–Crippen LogP) is 0.808. The van der Waals surface area contributed by atoms with Gasteiger partial charge in [0.2, 0.25) is 17.6 Å². The van der Waals surface area contributed by atoms with Gasteiger partial charge in [-0.15, -0.1) is 0 Å². The van der Waals surface area contributed by atoms with Crippen molar-refractivity contribution >= 4 is 29.4 Å². The number of halogens is 1. The number of primary amides is 1. The minimum atomic E-state index is -1.45.